The van der Waals surface area contributed by atoms with Crippen molar-refractivity contribution in [2.75, 3.05) is 11.4 Å². The number of fused-ring (bicyclic) bond motifs is 1. The molecule has 0 atom stereocenters. The van der Waals surface area contributed by atoms with Gasteiger partial charge in [0.25, 0.3) is 0 Å². The molecule has 142 valence electrons. The number of benzene rings is 1. The first kappa shape index (κ1) is 18.4. The van der Waals surface area contributed by atoms with Gasteiger partial charge < -0.3 is 14.8 Å². The second-order valence-electron chi connectivity index (χ2n) is 8.12. The summed E-state index contributed by atoms with van der Waals surface area (Å²) in [6, 6.07) is 4.22. The maximum atomic E-state index is 11.0. The van der Waals surface area contributed by atoms with Crippen LogP contribution in [-0.2, 0) is 10.4 Å². The third kappa shape index (κ3) is 3.71. The van der Waals surface area contributed by atoms with Crippen molar-refractivity contribution < 1.29 is 9.90 Å². The molecule has 1 aliphatic heterocycles. The number of anilines is 1. The van der Waals surface area contributed by atoms with E-state index in [1.54, 1.807) is 11.3 Å². The van der Waals surface area contributed by atoms with Crippen LogP contribution in [0.5, 0.6) is 0 Å². The topological polar surface area (TPSA) is 53.4 Å². The summed E-state index contributed by atoms with van der Waals surface area (Å²) in [6.07, 6.45) is 13.3. The van der Waals surface area contributed by atoms with Gasteiger partial charge >= 0.3 is 0 Å². The molecule has 1 saturated carbocycles. The van der Waals surface area contributed by atoms with Crippen molar-refractivity contribution in [1.82, 2.24) is 4.98 Å². The second-order valence-corrected chi connectivity index (χ2v) is 9.18. The fraction of sp³-hybridized carbons (Fsp3) is 0.455. The Labute approximate surface area is 164 Å². The average Bonchev–Trinajstić information content (AvgIpc) is 3.10. The maximum Gasteiger partial charge on any atom is 0.123 e. The standard InChI is InChI=1S/C22H26N2O2S/c1-22(2,26)17-12-18-20(13-19(17)24-10-4-3-5-11-24)27-21(23-18)16-8-6-15(14-25)7-9-16/h3-5,10,12-16,26H,6-9,11H2,1-2H3. The van der Waals surface area contributed by atoms with E-state index in [9.17, 15) is 9.90 Å². The molecule has 0 spiro atoms. The molecule has 1 fully saturated rings. The molecule has 0 radical (unpaired) electrons. The number of aldehydes is 1. The predicted molar refractivity (Wildman–Crippen MR) is 111 cm³/mol. The van der Waals surface area contributed by atoms with Crippen LogP contribution in [0.3, 0.4) is 0 Å². The molecule has 1 aromatic carbocycles. The Hall–Kier alpha value is -1.98. The van der Waals surface area contributed by atoms with Gasteiger partial charge in [0, 0.05) is 35.8 Å². The molecule has 1 N–H and O–H groups in total. The van der Waals surface area contributed by atoms with Gasteiger partial charge in [-0.05, 0) is 57.7 Å². The molecule has 5 heteroatoms. The molecule has 4 nitrogen and oxygen atoms in total. The van der Waals surface area contributed by atoms with Crippen LogP contribution < -0.4 is 4.90 Å². The van der Waals surface area contributed by atoms with Crippen molar-refractivity contribution in [3.8, 4) is 0 Å². The van der Waals surface area contributed by atoms with E-state index in [2.05, 4.69) is 23.2 Å². The van der Waals surface area contributed by atoms with E-state index in [0.717, 1.165) is 60.0 Å². The van der Waals surface area contributed by atoms with E-state index in [-0.39, 0.29) is 5.92 Å². The van der Waals surface area contributed by atoms with Crippen LogP contribution >= 0.6 is 11.3 Å². The molecular formula is C22H26N2O2S. The molecular weight excluding hydrogens is 356 g/mol. The zero-order chi connectivity index (χ0) is 19.0. The van der Waals surface area contributed by atoms with Crippen molar-refractivity contribution in [3.05, 3.63) is 47.1 Å². The van der Waals surface area contributed by atoms with Gasteiger partial charge in [0.2, 0.25) is 0 Å². The largest absolute Gasteiger partial charge is 0.386 e. The molecule has 2 aromatic rings. The Morgan fingerprint density at radius 3 is 2.63 bits per heavy atom. The fourth-order valence-corrected chi connectivity index (χ4v) is 5.18. The van der Waals surface area contributed by atoms with Crippen molar-refractivity contribution in [3.63, 3.8) is 0 Å². The lowest BCUT2D eigenvalue weighted by Gasteiger charge is -2.28. The molecule has 2 aliphatic rings. The number of carbonyl (C=O) groups excluding carboxylic acids is 1. The summed E-state index contributed by atoms with van der Waals surface area (Å²) in [5.74, 6) is 0.674. The van der Waals surface area contributed by atoms with Crippen LogP contribution in [0.4, 0.5) is 5.69 Å². The lowest BCUT2D eigenvalue weighted by atomic mass is 9.83. The van der Waals surface area contributed by atoms with Gasteiger partial charge in [-0.1, -0.05) is 12.2 Å². The van der Waals surface area contributed by atoms with Gasteiger partial charge in [-0.25, -0.2) is 4.98 Å². The minimum atomic E-state index is -0.940. The van der Waals surface area contributed by atoms with Gasteiger partial charge in [-0.15, -0.1) is 11.3 Å². The van der Waals surface area contributed by atoms with Crippen LogP contribution in [0.2, 0.25) is 0 Å². The summed E-state index contributed by atoms with van der Waals surface area (Å²) in [5, 5.41) is 11.9. The number of hydrogen-bond donors (Lipinski definition) is 1. The maximum absolute atomic E-state index is 11.0. The number of aliphatic hydroxyl groups is 1. The second kappa shape index (κ2) is 7.21. The van der Waals surface area contributed by atoms with Crippen LogP contribution in [0.25, 0.3) is 10.2 Å². The number of carbonyl (C=O) groups is 1. The third-order valence-electron chi connectivity index (χ3n) is 5.62. The van der Waals surface area contributed by atoms with Gasteiger partial charge in [0.05, 0.1) is 20.8 Å². The quantitative estimate of drug-likeness (QED) is 0.765. The molecule has 1 aliphatic carbocycles. The zero-order valence-electron chi connectivity index (χ0n) is 15.9. The minimum Gasteiger partial charge on any atom is -0.386 e. The Morgan fingerprint density at radius 2 is 2.00 bits per heavy atom. The van der Waals surface area contributed by atoms with E-state index < -0.39 is 5.60 Å². The fourth-order valence-electron chi connectivity index (χ4n) is 4.03. The number of aromatic nitrogens is 1. The normalized spacial score (nSPS) is 23.1. The van der Waals surface area contributed by atoms with E-state index in [1.807, 2.05) is 32.1 Å². The highest BCUT2D eigenvalue weighted by Crippen LogP contribution is 2.41. The van der Waals surface area contributed by atoms with Crippen LogP contribution in [0.1, 0.15) is 56.0 Å². The van der Waals surface area contributed by atoms with E-state index >= 15 is 0 Å². The molecule has 0 bridgehead atoms. The summed E-state index contributed by atoms with van der Waals surface area (Å²) in [4.78, 5) is 18.1. The van der Waals surface area contributed by atoms with Gasteiger partial charge in [0.15, 0.2) is 0 Å². The smallest absolute Gasteiger partial charge is 0.123 e. The Balaban J connectivity index is 1.72. The number of thiazole rings is 1. The first-order valence-corrected chi connectivity index (χ1v) is 10.5. The third-order valence-corrected chi connectivity index (χ3v) is 6.80. The number of nitrogens with zero attached hydrogens (tertiary/aromatic N) is 2. The lowest BCUT2D eigenvalue weighted by Crippen LogP contribution is -2.24. The van der Waals surface area contributed by atoms with Crippen molar-refractivity contribution in [2.45, 2.75) is 51.0 Å². The summed E-state index contributed by atoms with van der Waals surface area (Å²) in [7, 11) is 0. The first-order chi connectivity index (χ1) is 13.0. The monoisotopic (exact) mass is 382 g/mol. The predicted octanol–water partition coefficient (Wildman–Crippen LogP) is 4.89. The van der Waals surface area contributed by atoms with Gasteiger partial charge in [-0.2, -0.15) is 0 Å². The summed E-state index contributed by atoms with van der Waals surface area (Å²) >= 11 is 1.76. The molecule has 0 amide bonds. The Kier molecular flexibility index (Phi) is 4.91. The summed E-state index contributed by atoms with van der Waals surface area (Å²) < 4.78 is 1.16. The Morgan fingerprint density at radius 1 is 1.22 bits per heavy atom. The van der Waals surface area contributed by atoms with Crippen molar-refractivity contribution >= 4 is 33.5 Å². The molecule has 4 rings (SSSR count). The van der Waals surface area contributed by atoms with E-state index in [0.29, 0.717) is 5.92 Å². The molecule has 0 saturated heterocycles. The SMILES string of the molecule is CC(C)(O)c1cc2nc(C3CCC(C=O)CC3)sc2cc1N1C=CC=CC1. The molecule has 0 unspecified atom stereocenters. The zero-order valence-corrected chi connectivity index (χ0v) is 16.7. The van der Waals surface area contributed by atoms with E-state index in [4.69, 9.17) is 4.98 Å². The number of rotatable bonds is 4. The number of hydrogen-bond acceptors (Lipinski definition) is 5. The molecule has 1 aromatic heterocycles. The molecule has 2 heterocycles. The minimum absolute atomic E-state index is 0.225. The van der Waals surface area contributed by atoms with Crippen LogP contribution in [0.15, 0.2) is 36.6 Å². The van der Waals surface area contributed by atoms with Crippen molar-refractivity contribution in [2.24, 2.45) is 5.92 Å². The summed E-state index contributed by atoms with van der Waals surface area (Å²) in [5.41, 5.74) is 1.96. The van der Waals surface area contributed by atoms with Crippen LogP contribution in [-0.4, -0.2) is 22.9 Å². The first-order valence-electron chi connectivity index (χ1n) is 9.68. The highest BCUT2D eigenvalue weighted by atomic mass is 32.1. The number of allylic oxidation sites excluding steroid dienone is 2. The van der Waals surface area contributed by atoms with Gasteiger partial charge in [-0.3, -0.25) is 0 Å². The molecule has 27 heavy (non-hydrogen) atoms. The van der Waals surface area contributed by atoms with Crippen LogP contribution in [0, 0.1) is 5.92 Å². The summed E-state index contributed by atoms with van der Waals surface area (Å²) in [6.45, 7) is 4.46. The lowest BCUT2D eigenvalue weighted by molar-refractivity contribution is -0.111. The highest BCUT2D eigenvalue weighted by molar-refractivity contribution is 7.18. The van der Waals surface area contributed by atoms with Crippen molar-refractivity contribution in [1.29, 1.82) is 0 Å². The highest BCUT2D eigenvalue weighted by Gasteiger charge is 2.27. The average molecular weight is 383 g/mol. The van der Waals surface area contributed by atoms with E-state index in [1.165, 1.54) is 5.01 Å². The van der Waals surface area contributed by atoms with Gasteiger partial charge in [0.1, 0.15) is 6.29 Å². The Bertz CT molecular complexity index is 899.